The average Bonchev–Trinajstić information content (AvgIpc) is 3.84. The molecule has 7 rings (SSSR count). The van der Waals surface area contributed by atoms with Crippen molar-refractivity contribution in [3.8, 4) is 11.4 Å². The van der Waals surface area contributed by atoms with Gasteiger partial charge < -0.3 is 9.13 Å². The molecule has 0 unspecified atom stereocenters. The number of hydrogen-bond donors (Lipinski definition) is 0. The van der Waals surface area contributed by atoms with Crippen LogP contribution in [0.1, 0.15) is 22.8 Å². The second-order valence-electron chi connectivity index (χ2n) is 10.0. The first-order chi connectivity index (χ1) is 21.9. The van der Waals surface area contributed by atoms with E-state index in [0.29, 0.717) is 0 Å². The number of benzene rings is 2. The van der Waals surface area contributed by atoms with Crippen LogP contribution >= 0.6 is 0 Å². The number of halogens is 10. The van der Waals surface area contributed by atoms with Crippen LogP contribution in [0.25, 0.3) is 57.7 Å². The highest BCUT2D eigenvalue weighted by Crippen LogP contribution is 2.32. The van der Waals surface area contributed by atoms with Gasteiger partial charge in [-0.05, 0) is 72.8 Å². The van der Waals surface area contributed by atoms with Gasteiger partial charge in [0.2, 0.25) is 11.6 Å². The Balaban J connectivity index is 1.60. The lowest BCUT2D eigenvalue weighted by Crippen LogP contribution is -2.09. The minimum absolute atomic E-state index is 0.0587. The fourth-order valence-electron chi connectivity index (χ4n) is 5.20. The van der Waals surface area contributed by atoms with Gasteiger partial charge in [-0.15, -0.1) is 0 Å². The van der Waals surface area contributed by atoms with Gasteiger partial charge in [0, 0.05) is 22.1 Å². The Bertz CT molecular complexity index is 2080. The second-order valence-corrected chi connectivity index (χ2v) is 10.0. The van der Waals surface area contributed by atoms with Crippen LogP contribution in [0.15, 0.2) is 48.5 Å². The van der Waals surface area contributed by atoms with E-state index in [0.717, 1.165) is 9.13 Å². The molecule has 0 radical (unpaired) electrons. The summed E-state index contributed by atoms with van der Waals surface area (Å²) in [7, 11) is 0. The third-order valence-electron chi connectivity index (χ3n) is 7.25. The van der Waals surface area contributed by atoms with Crippen molar-refractivity contribution in [3.05, 3.63) is 129 Å². The van der Waals surface area contributed by atoms with Crippen LogP contribution in [0.2, 0.25) is 0 Å². The molecule has 3 aromatic heterocycles. The molecular formula is C32H12F10N4. The molecule has 0 saturated carbocycles. The average molecular weight is 642 g/mol. The van der Waals surface area contributed by atoms with E-state index in [1.54, 1.807) is 0 Å². The molecule has 0 atom stereocenters. The van der Waals surface area contributed by atoms with Crippen molar-refractivity contribution in [2.45, 2.75) is 0 Å². The van der Waals surface area contributed by atoms with Crippen molar-refractivity contribution in [2.24, 2.45) is 0 Å². The maximum Gasteiger partial charge on any atom is 0.200 e. The Morgan fingerprint density at radius 3 is 0.783 bits per heavy atom. The van der Waals surface area contributed by atoms with Crippen molar-refractivity contribution in [1.29, 1.82) is 0 Å². The molecule has 0 fully saturated rings. The highest BCUT2D eigenvalue weighted by Gasteiger charge is 2.29. The number of hydrogen-bond acceptors (Lipinski definition) is 2. The van der Waals surface area contributed by atoms with Gasteiger partial charge in [0.05, 0.1) is 22.8 Å². The maximum absolute atomic E-state index is 15.0. The summed E-state index contributed by atoms with van der Waals surface area (Å²) in [6.07, 6.45) is 5.64. The molecule has 8 bridgehead atoms. The van der Waals surface area contributed by atoms with Crippen LogP contribution in [0.3, 0.4) is 0 Å². The molecule has 230 valence electrons. The van der Waals surface area contributed by atoms with Crippen LogP contribution in [0, 0.1) is 58.2 Å². The van der Waals surface area contributed by atoms with Crippen LogP contribution < -0.4 is 0 Å². The summed E-state index contributed by atoms with van der Waals surface area (Å²) >= 11 is 0. The molecule has 46 heavy (non-hydrogen) atoms. The van der Waals surface area contributed by atoms with Gasteiger partial charge in [-0.2, -0.15) is 0 Å². The molecule has 0 amide bonds. The third-order valence-corrected chi connectivity index (χ3v) is 7.25. The van der Waals surface area contributed by atoms with Crippen molar-refractivity contribution >= 4 is 46.4 Å². The van der Waals surface area contributed by atoms with Crippen molar-refractivity contribution < 1.29 is 43.9 Å². The van der Waals surface area contributed by atoms with Gasteiger partial charge in [-0.25, -0.2) is 53.9 Å². The van der Waals surface area contributed by atoms with E-state index < -0.39 is 69.5 Å². The molecule has 4 nitrogen and oxygen atoms in total. The van der Waals surface area contributed by atoms with Crippen molar-refractivity contribution in [3.63, 3.8) is 0 Å². The Labute approximate surface area is 250 Å². The van der Waals surface area contributed by atoms with Gasteiger partial charge in [0.1, 0.15) is 11.4 Å². The zero-order valence-electron chi connectivity index (χ0n) is 22.5. The maximum atomic E-state index is 15.0. The Morgan fingerprint density at radius 1 is 0.326 bits per heavy atom. The highest BCUT2D eigenvalue weighted by molar-refractivity contribution is 5.80. The quantitative estimate of drug-likeness (QED) is 0.107. The molecule has 0 spiro atoms. The summed E-state index contributed by atoms with van der Waals surface area (Å²) in [4.78, 5) is 8.63. The fraction of sp³-hybridized carbons (Fsp3) is 0. The first-order valence-electron chi connectivity index (χ1n) is 13.1. The third kappa shape index (κ3) is 4.39. The van der Waals surface area contributed by atoms with Crippen molar-refractivity contribution in [1.82, 2.24) is 19.1 Å². The van der Waals surface area contributed by atoms with E-state index in [1.807, 2.05) is 0 Å². The van der Waals surface area contributed by atoms with E-state index >= 15 is 17.6 Å². The number of rotatable bonds is 2. The topological polar surface area (TPSA) is 35.6 Å². The van der Waals surface area contributed by atoms with E-state index in [1.165, 1.54) is 72.8 Å². The normalized spacial score (nSPS) is 12.4. The Hall–Kier alpha value is -5.66. The lowest BCUT2D eigenvalue weighted by Gasteiger charge is -2.12. The minimum atomic E-state index is -2.33. The first-order valence-corrected chi connectivity index (χ1v) is 13.1. The van der Waals surface area contributed by atoms with E-state index in [4.69, 9.17) is 0 Å². The standard InChI is InChI=1S/C32H12F10N4/c33-21-23(35)27(39)31(28(40)24(21)36)45-17-5-6-19(45)11-15-3-4-16(44-15)12-20-8-7-18(10-14-2-1-13(9-17)43-14)46(20)32-29(41)25(37)22(34)26(38)30(32)42/h1-12H. The number of aromatic nitrogens is 4. The Morgan fingerprint density at radius 2 is 0.543 bits per heavy atom. The fourth-order valence-corrected chi connectivity index (χ4v) is 5.20. The molecule has 0 N–H and O–H groups in total. The summed E-state index contributed by atoms with van der Waals surface area (Å²) in [5.74, 6) is -21.6. The summed E-state index contributed by atoms with van der Waals surface area (Å²) in [6.45, 7) is 0. The molecule has 0 aliphatic carbocycles. The molecule has 2 aromatic carbocycles. The smallest absolute Gasteiger partial charge is 0.200 e. The van der Waals surface area contributed by atoms with Gasteiger partial charge in [0.15, 0.2) is 46.5 Å². The SMILES string of the molecule is Fc1c(F)c(F)c(-n2c3ccc2cc2nc(cc4ccc(cc5nc(c3)C=C5)n4-c3c(F)c(F)c(F)c(F)c3F)C=C2)c(F)c1F. The zero-order chi connectivity index (χ0) is 32.6. The van der Waals surface area contributed by atoms with Crippen LogP contribution in [0.5, 0.6) is 0 Å². The van der Waals surface area contributed by atoms with E-state index in [2.05, 4.69) is 9.97 Å². The summed E-state index contributed by atoms with van der Waals surface area (Å²) in [5, 5.41) is 0. The zero-order valence-corrected chi connectivity index (χ0v) is 22.5. The minimum Gasteiger partial charge on any atom is -0.305 e. The van der Waals surface area contributed by atoms with Crippen LogP contribution in [0.4, 0.5) is 43.9 Å². The number of fused-ring (bicyclic) bond motifs is 8. The van der Waals surface area contributed by atoms with Gasteiger partial charge in [0.25, 0.3) is 0 Å². The first kappa shape index (κ1) is 29.1. The van der Waals surface area contributed by atoms with E-state index in [9.17, 15) is 26.3 Å². The van der Waals surface area contributed by atoms with E-state index in [-0.39, 0.29) is 44.8 Å². The van der Waals surface area contributed by atoms with Gasteiger partial charge >= 0.3 is 0 Å². The summed E-state index contributed by atoms with van der Waals surface area (Å²) < 4.78 is 146. The molecular weight excluding hydrogens is 630 g/mol. The molecule has 2 aliphatic heterocycles. The summed E-state index contributed by atoms with van der Waals surface area (Å²) in [5.41, 5.74) is -2.27. The lowest BCUT2D eigenvalue weighted by molar-refractivity contribution is 0.376. The summed E-state index contributed by atoms with van der Waals surface area (Å²) in [6, 6.07) is 10.4. The lowest BCUT2D eigenvalue weighted by atomic mass is 10.2. The predicted octanol–water partition coefficient (Wildman–Crippen LogP) is 8.97. The Kier molecular flexibility index (Phi) is 6.61. The van der Waals surface area contributed by atoms with Crippen LogP contribution in [-0.2, 0) is 0 Å². The monoisotopic (exact) mass is 642 g/mol. The van der Waals surface area contributed by atoms with Gasteiger partial charge in [-0.1, -0.05) is 0 Å². The molecule has 0 saturated heterocycles. The van der Waals surface area contributed by atoms with Crippen molar-refractivity contribution in [2.75, 3.05) is 0 Å². The number of nitrogens with zero attached hydrogens (tertiary/aromatic N) is 4. The second kappa shape index (κ2) is 10.5. The molecule has 5 heterocycles. The van der Waals surface area contributed by atoms with Gasteiger partial charge in [-0.3, -0.25) is 0 Å². The molecule has 14 heteroatoms. The highest BCUT2D eigenvalue weighted by atomic mass is 19.2. The molecule has 5 aromatic rings. The predicted molar refractivity (Wildman–Crippen MR) is 148 cm³/mol. The largest absolute Gasteiger partial charge is 0.305 e. The van der Waals surface area contributed by atoms with Crippen LogP contribution in [-0.4, -0.2) is 19.1 Å². The molecule has 2 aliphatic rings.